The van der Waals surface area contributed by atoms with Crippen molar-refractivity contribution in [1.82, 2.24) is 4.98 Å². The lowest BCUT2D eigenvalue weighted by Gasteiger charge is -2.13. The third-order valence-electron chi connectivity index (χ3n) is 2.95. The minimum Gasteiger partial charge on any atom is -0.397 e. The van der Waals surface area contributed by atoms with Gasteiger partial charge in [-0.2, -0.15) is 5.26 Å². The zero-order valence-electron chi connectivity index (χ0n) is 11.7. The predicted octanol–water partition coefficient (Wildman–Crippen LogP) is 2.82. The summed E-state index contributed by atoms with van der Waals surface area (Å²) in [4.78, 5) is 16.7. The number of aryl methyl sites for hydroxylation is 1. The second kappa shape index (κ2) is 6.29. The number of para-hydroxylation sites is 1. The first-order valence-corrected chi connectivity index (χ1v) is 7.41. The highest BCUT2D eigenvalue weighted by molar-refractivity contribution is 7.98. The zero-order chi connectivity index (χ0) is 15.4. The number of rotatable bonds is 3. The van der Waals surface area contributed by atoms with Gasteiger partial charge >= 0.3 is 0 Å². The minimum absolute atomic E-state index is 0.169. The van der Waals surface area contributed by atoms with Gasteiger partial charge in [-0.1, -0.05) is 18.2 Å². The Bertz CT molecular complexity index is 723. The van der Waals surface area contributed by atoms with Crippen LogP contribution in [0.15, 0.2) is 35.4 Å². The number of nitrogens with zero attached hydrogens (tertiary/aromatic N) is 2. The van der Waals surface area contributed by atoms with Crippen molar-refractivity contribution in [3.8, 4) is 6.07 Å². The zero-order valence-corrected chi connectivity index (χ0v) is 12.5. The molecule has 0 aliphatic heterocycles. The molecule has 0 atom stereocenters. The van der Waals surface area contributed by atoms with Gasteiger partial charge in [0.2, 0.25) is 0 Å². The number of thioether (sulfide) groups is 1. The summed E-state index contributed by atoms with van der Waals surface area (Å²) in [6.07, 6.45) is 1.81. The molecule has 1 aromatic carbocycles. The van der Waals surface area contributed by atoms with Crippen molar-refractivity contribution in [2.45, 2.75) is 11.9 Å². The van der Waals surface area contributed by atoms with E-state index >= 15 is 0 Å². The van der Waals surface area contributed by atoms with E-state index < -0.39 is 0 Å². The maximum atomic E-state index is 12.4. The second-order valence-electron chi connectivity index (χ2n) is 4.30. The first-order chi connectivity index (χ1) is 10.1. The number of carbonyl (C=O) groups excluding carboxylic acids is 1. The number of nitrogen functional groups attached to an aromatic ring is 1. The summed E-state index contributed by atoms with van der Waals surface area (Å²) in [6.45, 7) is 1.71. The second-order valence-corrected chi connectivity index (χ2v) is 5.10. The van der Waals surface area contributed by atoms with Gasteiger partial charge in [0, 0.05) is 5.69 Å². The molecule has 2 rings (SSSR count). The molecular formula is C15H14N4OS. The molecule has 0 aliphatic carbocycles. The molecule has 0 bridgehead atoms. The average molecular weight is 298 g/mol. The number of anilines is 2. The Balaban J connectivity index is 2.45. The summed E-state index contributed by atoms with van der Waals surface area (Å²) < 4.78 is 0. The maximum absolute atomic E-state index is 12.4. The molecule has 1 aromatic heterocycles. The molecule has 2 aromatic rings. The van der Waals surface area contributed by atoms with Crippen molar-refractivity contribution >= 4 is 29.0 Å². The fourth-order valence-corrected chi connectivity index (χ4v) is 2.54. The summed E-state index contributed by atoms with van der Waals surface area (Å²) >= 11 is 1.33. The van der Waals surface area contributed by atoms with Crippen LogP contribution < -0.4 is 11.1 Å². The summed E-state index contributed by atoms with van der Waals surface area (Å²) in [5.74, 6) is -0.368. The number of amides is 1. The number of carbonyl (C=O) groups is 1. The standard InChI is InChI=1S/C15H14N4OS/c1-9-12(13(17)11(8-16)15(18-9)21-2)14(20)19-10-6-4-3-5-7-10/h3-7H,1-2H3,(H2,17,18)(H,19,20). The number of hydrogen-bond acceptors (Lipinski definition) is 5. The van der Waals surface area contributed by atoms with E-state index in [1.165, 1.54) is 11.8 Å². The van der Waals surface area contributed by atoms with Gasteiger partial charge < -0.3 is 11.1 Å². The largest absolute Gasteiger partial charge is 0.397 e. The number of nitrogens with two attached hydrogens (primary N) is 1. The molecule has 6 heteroatoms. The van der Waals surface area contributed by atoms with Gasteiger partial charge in [-0.05, 0) is 25.3 Å². The number of pyridine rings is 1. The molecule has 21 heavy (non-hydrogen) atoms. The van der Waals surface area contributed by atoms with E-state index in [0.717, 1.165) is 0 Å². The molecule has 106 valence electrons. The molecule has 3 N–H and O–H groups in total. The first kappa shape index (κ1) is 14.9. The van der Waals surface area contributed by atoms with Crippen molar-refractivity contribution in [2.24, 2.45) is 0 Å². The van der Waals surface area contributed by atoms with Crippen LogP contribution in [0.25, 0.3) is 0 Å². The molecule has 1 heterocycles. The third-order valence-corrected chi connectivity index (χ3v) is 3.63. The average Bonchev–Trinajstić information content (AvgIpc) is 2.47. The first-order valence-electron chi connectivity index (χ1n) is 6.19. The van der Waals surface area contributed by atoms with Gasteiger partial charge in [0.1, 0.15) is 16.7 Å². The van der Waals surface area contributed by atoms with E-state index in [2.05, 4.69) is 10.3 Å². The molecule has 0 saturated heterocycles. The lowest BCUT2D eigenvalue weighted by Crippen LogP contribution is -2.18. The van der Waals surface area contributed by atoms with Crippen molar-refractivity contribution in [3.63, 3.8) is 0 Å². The van der Waals surface area contributed by atoms with Crippen LogP contribution in [0, 0.1) is 18.3 Å². The summed E-state index contributed by atoms with van der Waals surface area (Å²) in [6, 6.07) is 11.1. The van der Waals surface area contributed by atoms with Gasteiger partial charge in [0.25, 0.3) is 5.91 Å². The van der Waals surface area contributed by atoms with E-state index in [0.29, 0.717) is 16.4 Å². The van der Waals surface area contributed by atoms with Gasteiger partial charge in [-0.15, -0.1) is 11.8 Å². The highest BCUT2D eigenvalue weighted by Crippen LogP contribution is 2.28. The third kappa shape index (κ3) is 2.98. The quantitative estimate of drug-likeness (QED) is 0.850. The van der Waals surface area contributed by atoms with Crippen LogP contribution >= 0.6 is 11.8 Å². The fourth-order valence-electron chi connectivity index (χ4n) is 1.96. The summed E-state index contributed by atoms with van der Waals surface area (Å²) in [5.41, 5.74) is 7.81. The van der Waals surface area contributed by atoms with Crippen LogP contribution in [0.2, 0.25) is 0 Å². The summed E-state index contributed by atoms with van der Waals surface area (Å²) in [7, 11) is 0. The smallest absolute Gasteiger partial charge is 0.259 e. The van der Waals surface area contributed by atoms with Gasteiger partial charge in [0.15, 0.2) is 0 Å². The number of hydrogen-bond donors (Lipinski definition) is 2. The molecule has 0 fully saturated rings. The topological polar surface area (TPSA) is 91.8 Å². The Labute approximate surface area is 127 Å². The molecule has 1 amide bonds. The van der Waals surface area contributed by atoms with Crippen LogP contribution in [0.3, 0.4) is 0 Å². The Morgan fingerprint density at radius 2 is 2.05 bits per heavy atom. The fraction of sp³-hybridized carbons (Fsp3) is 0.133. The van der Waals surface area contributed by atoms with Crippen molar-refractivity contribution < 1.29 is 4.79 Å². The van der Waals surface area contributed by atoms with Gasteiger partial charge in [-0.3, -0.25) is 4.79 Å². The number of benzene rings is 1. The van der Waals surface area contributed by atoms with Gasteiger partial charge in [-0.25, -0.2) is 4.98 Å². The van der Waals surface area contributed by atoms with Crippen LogP contribution in [0.5, 0.6) is 0 Å². The summed E-state index contributed by atoms with van der Waals surface area (Å²) in [5, 5.41) is 12.5. The lowest BCUT2D eigenvalue weighted by molar-refractivity contribution is 0.102. The predicted molar refractivity (Wildman–Crippen MR) is 84.3 cm³/mol. The normalized spacial score (nSPS) is 9.95. The van der Waals surface area contributed by atoms with E-state index in [-0.39, 0.29) is 22.7 Å². The minimum atomic E-state index is -0.368. The van der Waals surface area contributed by atoms with Crippen molar-refractivity contribution in [1.29, 1.82) is 5.26 Å². The number of nitrogens with one attached hydrogen (secondary N) is 1. The number of nitriles is 1. The molecule has 0 unspecified atom stereocenters. The molecular weight excluding hydrogens is 284 g/mol. The maximum Gasteiger partial charge on any atom is 0.259 e. The highest BCUT2D eigenvalue weighted by atomic mass is 32.2. The van der Waals surface area contributed by atoms with E-state index in [4.69, 9.17) is 5.73 Å². The van der Waals surface area contributed by atoms with Crippen molar-refractivity contribution in [2.75, 3.05) is 17.3 Å². The van der Waals surface area contributed by atoms with Crippen LogP contribution in [0.1, 0.15) is 21.6 Å². The van der Waals surface area contributed by atoms with Crippen molar-refractivity contribution in [3.05, 3.63) is 47.2 Å². The lowest BCUT2D eigenvalue weighted by atomic mass is 10.1. The van der Waals surface area contributed by atoms with Crippen LogP contribution in [0.4, 0.5) is 11.4 Å². The molecule has 5 nitrogen and oxygen atoms in total. The Kier molecular flexibility index (Phi) is 4.45. The highest BCUT2D eigenvalue weighted by Gasteiger charge is 2.20. The van der Waals surface area contributed by atoms with E-state index in [1.807, 2.05) is 30.5 Å². The van der Waals surface area contributed by atoms with Gasteiger partial charge in [0.05, 0.1) is 16.9 Å². The molecule has 0 aliphatic rings. The van der Waals surface area contributed by atoms with E-state index in [1.54, 1.807) is 19.1 Å². The molecule has 0 spiro atoms. The number of aromatic nitrogens is 1. The Morgan fingerprint density at radius 3 is 2.62 bits per heavy atom. The Hall–Kier alpha value is -2.52. The monoisotopic (exact) mass is 298 g/mol. The molecule has 0 radical (unpaired) electrons. The molecule has 0 saturated carbocycles. The van der Waals surface area contributed by atoms with Crippen LogP contribution in [-0.2, 0) is 0 Å². The SMILES string of the molecule is CSc1nc(C)c(C(=O)Nc2ccccc2)c(N)c1C#N. The van der Waals surface area contributed by atoms with Crippen LogP contribution in [-0.4, -0.2) is 17.1 Å². The Morgan fingerprint density at radius 1 is 1.38 bits per heavy atom. The van der Waals surface area contributed by atoms with E-state index in [9.17, 15) is 10.1 Å².